The van der Waals surface area contributed by atoms with Gasteiger partial charge >= 0.3 is 0 Å². The summed E-state index contributed by atoms with van der Waals surface area (Å²) in [5.41, 5.74) is 6.76. The van der Waals surface area contributed by atoms with Crippen molar-refractivity contribution < 1.29 is 20.1 Å². The van der Waals surface area contributed by atoms with Gasteiger partial charge in [0.25, 0.3) is 0 Å². The number of aromatic nitrogens is 4. The van der Waals surface area contributed by atoms with Gasteiger partial charge in [0.2, 0.25) is 0 Å². The van der Waals surface area contributed by atoms with Crippen LogP contribution in [0.5, 0.6) is 0 Å². The fourth-order valence-corrected chi connectivity index (χ4v) is 2.99. The largest absolute Gasteiger partial charge is 0.302 e. The molecule has 0 saturated heterocycles. The van der Waals surface area contributed by atoms with Crippen LogP contribution in [0.4, 0.5) is 0 Å². The first-order chi connectivity index (χ1) is 14.7. The molecule has 4 nitrogen and oxygen atoms in total. The maximum Gasteiger partial charge on any atom is 0.110 e. The van der Waals surface area contributed by atoms with Crippen LogP contribution in [0, 0.1) is 26.0 Å². The van der Waals surface area contributed by atoms with Gasteiger partial charge in [-0.15, -0.1) is 71.8 Å². The Morgan fingerprint density at radius 3 is 2.03 bits per heavy atom. The van der Waals surface area contributed by atoms with E-state index >= 15 is 0 Å². The minimum atomic E-state index is 0. The Morgan fingerprint density at radius 1 is 0.645 bits per heavy atom. The van der Waals surface area contributed by atoms with Crippen molar-refractivity contribution in [1.29, 1.82) is 0 Å². The standard InChI is InChI=1S/C14H10N3.C12H10N.Ir/c1-10-6-5-9-12-13(10)15-14(17-16-12)11-7-3-2-4-8-11;1-10-6-5-9-12(13-10)11-7-3-2-4-8-11;/h2-7,9H,1H3;2-7,9H,1H3;/q2*-1;. The number of pyridine rings is 1. The zero-order valence-corrected chi connectivity index (χ0v) is 19.6. The Kier molecular flexibility index (Phi) is 7.71. The predicted molar refractivity (Wildman–Crippen MR) is 120 cm³/mol. The molecule has 31 heavy (non-hydrogen) atoms. The van der Waals surface area contributed by atoms with Crippen molar-refractivity contribution in [2.45, 2.75) is 13.8 Å². The Bertz CT molecular complexity index is 1260. The van der Waals surface area contributed by atoms with Crippen LogP contribution in [-0.4, -0.2) is 20.2 Å². The van der Waals surface area contributed by atoms with E-state index in [1.54, 1.807) is 0 Å². The molecule has 0 N–H and O–H groups in total. The summed E-state index contributed by atoms with van der Waals surface area (Å²) in [6, 6.07) is 33.7. The van der Waals surface area contributed by atoms with Gasteiger partial charge in [-0.3, -0.25) is 4.98 Å². The molecule has 0 bridgehead atoms. The zero-order chi connectivity index (χ0) is 20.8. The Labute approximate surface area is 195 Å². The average Bonchev–Trinajstić information content (AvgIpc) is 2.81. The van der Waals surface area contributed by atoms with E-state index in [9.17, 15) is 0 Å². The van der Waals surface area contributed by atoms with E-state index in [2.05, 4.69) is 32.3 Å². The summed E-state index contributed by atoms with van der Waals surface area (Å²) in [5, 5.41) is 8.31. The van der Waals surface area contributed by atoms with Crippen LogP contribution >= 0.6 is 0 Å². The van der Waals surface area contributed by atoms with Crippen LogP contribution in [0.1, 0.15) is 11.3 Å². The van der Waals surface area contributed by atoms with Crippen molar-refractivity contribution in [2.24, 2.45) is 0 Å². The van der Waals surface area contributed by atoms with Crippen molar-refractivity contribution in [1.82, 2.24) is 20.2 Å². The van der Waals surface area contributed by atoms with Gasteiger partial charge in [0.05, 0.1) is 11.3 Å². The van der Waals surface area contributed by atoms with E-state index < -0.39 is 0 Å². The molecule has 0 atom stereocenters. The second kappa shape index (κ2) is 10.7. The van der Waals surface area contributed by atoms with Gasteiger partial charge in [-0.2, -0.15) is 10.2 Å². The van der Waals surface area contributed by atoms with Crippen molar-refractivity contribution in [3.05, 3.63) is 108 Å². The molecule has 155 valence electrons. The second-order valence-electron chi connectivity index (χ2n) is 6.79. The maximum atomic E-state index is 4.54. The summed E-state index contributed by atoms with van der Waals surface area (Å²) in [7, 11) is 0. The van der Waals surface area contributed by atoms with Gasteiger partial charge in [0.15, 0.2) is 0 Å². The third kappa shape index (κ3) is 5.66. The van der Waals surface area contributed by atoms with Crippen LogP contribution in [0.2, 0.25) is 0 Å². The number of hydrogen-bond acceptors (Lipinski definition) is 4. The first-order valence-corrected chi connectivity index (χ1v) is 9.68. The third-order valence-electron chi connectivity index (χ3n) is 4.51. The minimum absolute atomic E-state index is 0. The molecule has 0 aliphatic heterocycles. The van der Waals surface area contributed by atoms with E-state index in [0.717, 1.165) is 39.1 Å². The van der Waals surface area contributed by atoms with Gasteiger partial charge in [-0.05, 0) is 37.2 Å². The number of nitrogens with zero attached hydrogens (tertiary/aromatic N) is 4. The van der Waals surface area contributed by atoms with Crippen LogP contribution in [0.15, 0.2) is 84.9 Å². The van der Waals surface area contributed by atoms with Crippen LogP contribution in [-0.2, 0) is 20.1 Å². The first-order valence-electron chi connectivity index (χ1n) is 9.68. The molecule has 2 aromatic heterocycles. The molecular weight excluding hydrogens is 561 g/mol. The number of aryl methyl sites for hydroxylation is 2. The van der Waals surface area contributed by atoms with Crippen LogP contribution in [0.25, 0.3) is 33.7 Å². The van der Waals surface area contributed by atoms with Crippen molar-refractivity contribution in [3.63, 3.8) is 0 Å². The molecule has 5 rings (SSSR count). The van der Waals surface area contributed by atoms with Gasteiger partial charge in [-0.25, -0.2) is 0 Å². The SMILES string of the molecule is Cc1cccc(-c2[c-]cccc2)n1.Cc1cccc2nnc(-c3[c-]cccc3)nc12.[Ir]. The Hall–Kier alpha value is -3.27. The zero-order valence-electron chi connectivity index (χ0n) is 17.2. The molecule has 0 amide bonds. The molecular formula is C26H20IrN4-2. The number of para-hydroxylation sites is 1. The molecule has 2 heterocycles. The third-order valence-corrected chi connectivity index (χ3v) is 4.51. The monoisotopic (exact) mass is 581 g/mol. The second-order valence-corrected chi connectivity index (χ2v) is 6.79. The quantitative estimate of drug-likeness (QED) is 0.253. The normalized spacial score (nSPS) is 10.0. The molecule has 0 unspecified atom stereocenters. The average molecular weight is 581 g/mol. The van der Waals surface area contributed by atoms with E-state index in [-0.39, 0.29) is 20.1 Å². The van der Waals surface area contributed by atoms with Crippen LogP contribution in [0.3, 0.4) is 0 Å². The molecule has 5 aromatic rings. The molecule has 3 aromatic carbocycles. The minimum Gasteiger partial charge on any atom is -0.302 e. The molecule has 1 radical (unpaired) electrons. The number of benzene rings is 3. The van der Waals surface area contributed by atoms with E-state index in [1.807, 2.05) is 98.8 Å². The first kappa shape index (κ1) is 22.4. The smallest absolute Gasteiger partial charge is 0.110 e. The fourth-order valence-electron chi connectivity index (χ4n) is 2.99. The topological polar surface area (TPSA) is 51.6 Å². The number of hydrogen-bond donors (Lipinski definition) is 0. The molecule has 0 aliphatic rings. The van der Waals surface area contributed by atoms with Crippen LogP contribution < -0.4 is 0 Å². The molecule has 5 heteroatoms. The van der Waals surface area contributed by atoms with Gasteiger partial charge < -0.3 is 4.98 Å². The van der Waals surface area contributed by atoms with Crippen molar-refractivity contribution >= 4 is 11.0 Å². The maximum absolute atomic E-state index is 4.54. The van der Waals surface area contributed by atoms with E-state index in [4.69, 9.17) is 0 Å². The Morgan fingerprint density at radius 2 is 1.35 bits per heavy atom. The predicted octanol–water partition coefficient (Wildman–Crippen LogP) is 5.66. The summed E-state index contributed by atoms with van der Waals surface area (Å²) in [6.45, 7) is 4.02. The van der Waals surface area contributed by atoms with Gasteiger partial charge in [0.1, 0.15) is 5.52 Å². The van der Waals surface area contributed by atoms with E-state index in [1.165, 1.54) is 0 Å². The molecule has 0 spiro atoms. The van der Waals surface area contributed by atoms with Crippen molar-refractivity contribution in [3.8, 4) is 22.6 Å². The Balaban J connectivity index is 0.000000176. The summed E-state index contributed by atoms with van der Waals surface area (Å²) in [6.07, 6.45) is 0. The number of fused-ring (bicyclic) bond motifs is 1. The molecule has 0 fully saturated rings. The van der Waals surface area contributed by atoms with Crippen molar-refractivity contribution in [2.75, 3.05) is 0 Å². The fraction of sp³-hybridized carbons (Fsp3) is 0.0769. The summed E-state index contributed by atoms with van der Waals surface area (Å²) >= 11 is 0. The van der Waals surface area contributed by atoms with Gasteiger partial charge in [-0.1, -0.05) is 24.3 Å². The summed E-state index contributed by atoms with van der Waals surface area (Å²) in [5.74, 6) is 0.618. The number of rotatable bonds is 2. The summed E-state index contributed by atoms with van der Waals surface area (Å²) in [4.78, 5) is 8.95. The van der Waals surface area contributed by atoms with E-state index in [0.29, 0.717) is 5.82 Å². The molecule has 0 saturated carbocycles. The molecule has 0 aliphatic carbocycles. The van der Waals surface area contributed by atoms with Gasteiger partial charge in [0, 0.05) is 25.8 Å². The summed E-state index contributed by atoms with van der Waals surface area (Å²) < 4.78 is 0.